The van der Waals surface area contributed by atoms with Gasteiger partial charge in [-0.2, -0.15) is 0 Å². The van der Waals surface area contributed by atoms with Gasteiger partial charge in [0.15, 0.2) is 0 Å². The Kier molecular flexibility index (Phi) is 48.1. The van der Waals surface area contributed by atoms with E-state index in [9.17, 15) is 19.8 Å². The maximum Gasteiger partial charge on any atom is 0.305 e. The quantitative estimate of drug-likeness (QED) is 0.0322. The van der Waals surface area contributed by atoms with Crippen molar-refractivity contribution in [3.8, 4) is 0 Å². The van der Waals surface area contributed by atoms with Crippen molar-refractivity contribution in [3.63, 3.8) is 0 Å². The van der Waals surface area contributed by atoms with Crippen LogP contribution in [0.15, 0.2) is 36.5 Å². The summed E-state index contributed by atoms with van der Waals surface area (Å²) >= 11 is 0. The van der Waals surface area contributed by atoms with E-state index in [2.05, 4.69) is 43.5 Å². The molecule has 2 atom stereocenters. The van der Waals surface area contributed by atoms with Gasteiger partial charge >= 0.3 is 5.97 Å². The minimum Gasteiger partial charge on any atom is -0.466 e. The van der Waals surface area contributed by atoms with Crippen molar-refractivity contribution < 1.29 is 24.5 Å². The zero-order valence-electron chi connectivity index (χ0n) is 39.9. The number of hydrogen-bond donors (Lipinski definition) is 3. The van der Waals surface area contributed by atoms with E-state index >= 15 is 0 Å². The van der Waals surface area contributed by atoms with Crippen molar-refractivity contribution in [2.75, 3.05) is 13.2 Å². The molecular formula is C54H101NO5. The highest BCUT2D eigenvalue weighted by molar-refractivity contribution is 5.76. The topological polar surface area (TPSA) is 95.9 Å². The predicted octanol–water partition coefficient (Wildman–Crippen LogP) is 15.7. The molecule has 0 radical (unpaired) electrons. The molecular weight excluding hydrogens is 743 g/mol. The number of hydrogen-bond acceptors (Lipinski definition) is 5. The third-order valence-electron chi connectivity index (χ3n) is 11.9. The second kappa shape index (κ2) is 49.7. The van der Waals surface area contributed by atoms with E-state index in [1.54, 1.807) is 6.08 Å². The normalized spacial score (nSPS) is 12.9. The summed E-state index contributed by atoms with van der Waals surface area (Å²) in [6.07, 6.45) is 60.0. The summed E-state index contributed by atoms with van der Waals surface area (Å²) in [6.45, 7) is 4.83. The van der Waals surface area contributed by atoms with Gasteiger partial charge in [-0.1, -0.05) is 237 Å². The molecule has 1 amide bonds. The molecule has 0 saturated heterocycles. The van der Waals surface area contributed by atoms with Gasteiger partial charge < -0.3 is 20.3 Å². The Labute approximate surface area is 373 Å². The molecule has 0 aromatic carbocycles. The van der Waals surface area contributed by atoms with Crippen LogP contribution in [0.2, 0.25) is 0 Å². The van der Waals surface area contributed by atoms with Gasteiger partial charge in [-0.25, -0.2) is 0 Å². The van der Waals surface area contributed by atoms with E-state index in [1.807, 2.05) is 6.08 Å². The molecule has 3 N–H and O–H groups in total. The Morgan fingerprint density at radius 3 is 1.32 bits per heavy atom. The van der Waals surface area contributed by atoms with Crippen molar-refractivity contribution in [1.29, 1.82) is 0 Å². The second-order valence-corrected chi connectivity index (χ2v) is 17.9. The van der Waals surface area contributed by atoms with Gasteiger partial charge in [0.25, 0.3) is 0 Å². The van der Waals surface area contributed by atoms with Gasteiger partial charge in [-0.15, -0.1) is 0 Å². The monoisotopic (exact) mass is 844 g/mol. The van der Waals surface area contributed by atoms with Crippen LogP contribution >= 0.6 is 0 Å². The Morgan fingerprint density at radius 1 is 0.467 bits per heavy atom. The maximum absolute atomic E-state index is 12.4. The lowest BCUT2D eigenvalue weighted by molar-refractivity contribution is -0.143. The van der Waals surface area contributed by atoms with E-state index in [0.717, 1.165) is 64.2 Å². The lowest BCUT2D eigenvalue weighted by Gasteiger charge is -2.20. The number of ether oxygens (including phenoxy) is 1. The molecule has 2 unspecified atom stereocenters. The van der Waals surface area contributed by atoms with Crippen molar-refractivity contribution in [2.45, 2.75) is 283 Å². The Morgan fingerprint density at radius 2 is 0.850 bits per heavy atom. The molecule has 6 heteroatoms. The van der Waals surface area contributed by atoms with Gasteiger partial charge in [0.2, 0.25) is 5.91 Å². The van der Waals surface area contributed by atoms with E-state index in [4.69, 9.17) is 4.74 Å². The molecule has 0 aromatic rings. The molecule has 0 aliphatic heterocycles. The van der Waals surface area contributed by atoms with Crippen LogP contribution in [0.4, 0.5) is 0 Å². The van der Waals surface area contributed by atoms with Gasteiger partial charge in [0.1, 0.15) is 0 Å². The number of allylic oxidation sites excluding steroid dienone is 5. The Hall–Kier alpha value is -1.92. The van der Waals surface area contributed by atoms with Crippen LogP contribution < -0.4 is 5.32 Å². The number of aliphatic hydroxyl groups is 2. The van der Waals surface area contributed by atoms with Gasteiger partial charge in [-0.05, 0) is 57.8 Å². The van der Waals surface area contributed by atoms with Gasteiger partial charge in [0.05, 0.1) is 25.4 Å². The van der Waals surface area contributed by atoms with E-state index in [-0.39, 0.29) is 18.5 Å². The molecule has 0 aromatic heterocycles. The molecule has 0 rings (SSSR count). The second-order valence-electron chi connectivity index (χ2n) is 17.9. The minimum atomic E-state index is -0.850. The zero-order chi connectivity index (χ0) is 43.7. The summed E-state index contributed by atoms with van der Waals surface area (Å²) in [7, 11) is 0. The summed E-state index contributed by atoms with van der Waals surface area (Å²) < 4.78 is 5.45. The Balaban J connectivity index is 3.48. The van der Waals surface area contributed by atoms with Crippen molar-refractivity contribution >= 4 is 11.9 Å². The molecule has 0 saturated carbocycles. The molecule has 0 aliphatic rings. The maximum atomic E-state index is 12.4. The van der Waals surface area contributed by atoms with Crippen LogP contribution in [0.1, 0.15) is 271 Å². The average molecular weight is 844 g/mol. The highest BCUT2D eigenvalue weighted by Gasteiger charge is 2.18. The summed E-state index contributed by atoms with van der Waals surface area (Å²) in [6, 6.07) is -0.634. The first kappa shape index (κ1) is 58.1. The van der Waals surface area contributed by atoms with Crippen LogP contribution in [-0.4, -0.2) is 47.4 Å². The summed E-state index contributed by atoms with van der Waals surface area (Å²) in [5.74, 6) is -0.0931. The largest absolute Gasteiger partial charge is 0.466 e. The molecule has 0 aliphatic carbocycles. The van der Waals surface area contributed by atoms with Crippen molar-refractivity contribution in [3.05, 3.63) is 36.5 Å². The van der Waals surface area contributed by atoms with Crippen LogP contribution in [0, 0.1) is 0 Å². The fourth-order valence-corrected chi connectivity index (χ4v) is 7.83. The lowest BCUT2D eigenvalue weighted by atomic mass is 10.0. The van der Waals surface area contributed by atoms with Crippen molar-refractivity contribution in [1.82, 2.24) is 5.32 Å². The number of carbonyl (C=O) groups is 2. The highest BCUT2D eigenvalue weighted by atomic mass is 16.5. The number of aliphatic hydroxyl groups excluding tert-OH is 2. The van der Waals surface area contributed by atoms with Crippen LogP contribution in [0.3, 0.4) is 0 Å². The summed E-state index contributed by atoms with van der Waals surface area (Å²) in [4.78, 5) is 24.4. The number of rotatable bonds is 48. The number of amides is 1. The summed E-state index contributed by atoms with van der Waals surface area (Å²) in [5.41, 5.74) is 0. The van der Waals surface area contributed by atoms with Gasteiger partial charge in [-0.3, -0.25) is 9.59 Å². The lowest BCUT2D eigenvalue weighted by Crippen LogP contribution is -2.45. The average Bonchev–Trinajstić information content (AvgIpc) is 3.25. The first-order chi connectivity index (χ1) is 29.5. The number of carbonyl (C=O) groups excluding carboxylic acids is 2. The molecule has 0 heterocycles. The molecule has 0 spiro atoms. The minimum absolute atomic E-state index is 0.0156. The fourth-order valence-electron chi connectivity index (χ4n) is 7.83. The van der Waals surface area contributed by atoms with Crippen LogP contribution in [0.25, 0.3) is 0 Å². The first-order valence-corrected chi connectivity index (χ1v) is 26.3. The van der Waals surface area contributed by atoms with Crippen molar-refractivity contribution in [2.24, 2.45) is 0 Å². The third-order valence-corrected chi connectivity index (χ3v) is 11.9. The predicted molar refractivity (Wildman–Crippen MR) is 259 cm³/mol. The smallest absolute Gasteiger partial charge is 0.305 e. The van der Waals surface area contributed by atoms with Crippen LogP contribution in [-0.2, 0) is 14.3 Å². The van der Waals surface area contributed by atoms with Crippen LogP contribution in [0.5, 0.6) is 0 Å². The van der Waals surface area contributed by atoms with E-state index in [1.165, 1.54) is 180 Å². The highest BCUT2D eigenvalue weighted by Crippen LogP contribution is 2.16. The molecule has 352 valence electrons. The third kappa shape index (κ3) is 45.6. The zero-order valence-corrected chi connectivity index (χ0v) is 39.9. The van der Waals surface area contributed by atoms with Gasteiger partial charge in [0, 0.05) is 12.8 Å². The SMILES string of the molecule is CCCC/C=C\C/C=C\CCCCCCCC(=O)OCCCCCCCCCCCCCCCCCC(=O)NC(CO)C(O)/C=C/CCCCCCCCCCCCCC. The number of esters is 1. The standard InChI is InChI=1S/C54H101NO5/c1-3-5-7-9-11-13-15-17-22-26-30-34-38-42-46-52(57)51(50-56)55-53(58)47-43-39-35-31-27-23-20-19-21-25-29-33-37-41-45-49-60-54(59)48-44-40-36-32-28-24-18-16-14-12-10-8-6-4-2/h10,12,16,18,42,46,51-52,56-57H,3-9,11,13-15,17,19-41,43-45,47-50H2,1-2H3,(H,55,58)/b12-10-,18-16-,46-42+. The van der Waals surface area contributed by atoms with E-state index < -0.39 is 12.1 Å². The fraction of sp³-hybridized carbons (Fsp3) is 0.852. The number of nitrogens with one attached hydrogen (secondary N) is 1. The summed E-state index contributed by atoms with van der Waals surface area (Å²) in [5, 5.41) is 23.0. The number of unbranched alkanes of at least 4 members (excludes halogenated alkanes) is 33. The molecule has 0 fully saturated rings. The van der Waals surface area contributed by atoms with E-state index in [0.29, 0.717) is 19.4 Å². The molecule has 6 nitrogen and oxygen atoms in total. The Bertz CT molecular complexity index is 977. The first-order valence-electron chi connectivity index (χ1n) is 26.3. The molecule has 60 heavy (non-hydrogen) atoms. The molecule has 0 bridgehead atoms.